The Morgan fingerprint density at radius 1 is 1.03 bits per heavy atom. The molecule has 0 amide bonds. The van der Waals surface area contributed by atoms with Crippen molar-refractivity contribution < 1.29 is 19.4 Å². The summed E-state index contributed by atoms with van der Waals surface area (Å²) in [5.74, 6) is 12.8. The van der Waals surface area contributed by atoms with E-state index >= 15 is 0 Å². The van der Waals surface area contributed by atoms with Crippen LogP contribution in [0.1, 0.15) is 36.0 Å². The van der Waals surface area contributed by atoms with E-state index in [-0.39, 0.29) is 13.2 Å². The predicted octanol–water partition coefficient (Wildman–Crippen LogP) is 4.49. The van der Waals surface area contributed by atoms with E-state index in [1.165, 1.54) is 19.3 Å². The average Bonchev–Trinajstić information content (AvgIpc) is 2.76. The summed E-state index contributed by atoms with van der Waals surface area (Å²) in [7, 11) is 0. The molecule has 6 heteroatoms. The van der Waals surface area contributed by atoms with Crippen LogP contribution in [0, 0.1) is 30.6 Å². The first-order valence-electron chi connectivity index (χ1n) is 10.6. The van der Waals surface area contributed by atoms with E-state index < -0.39 is 5.97 Å². The van der Waals surface area contributed by atoms with Gasteiger partial charge in [0.05, 0.1) is 6.54 Å². The van der Waals surface area contributed by atoms with Crippen molar-refractivity contribution in [2.75, 3.05) is 32.8 Å². The molecule has 0 aliphatic carbocycles. The molecule has 0 unspecified atom stereocenters. The number of aryl methyl sites for hydroxylation is 1. The minimum atomic E-state index is -1.01. The van der Waals surface area contributed by atoms with Crippen LogP contribution in [0.25, 0.3) is 0 Å². The first-order chi connectivity index (χ1) is 15.5. The fraction of sp³-hybridized carbons (Fsp3) is 0.346. The molecule has 1 heterocycles. The highest BCUT2D eigenvalue weighted by Gasteiger charge is 2.07. The minimum Gasteiger partial charge on any atom is -0.482 e. The summed E-state index contributed by atoms with van der Waals surface area (Å²) in [5.41, 5.74) is 2.62. The Morgan fingerprint density at radius 2 is 1.75 bits per heavy atom. The van der Waals surface area contributed by atoms with Crippen LogP contribution in [0.5, 0.6) is 11.5 Å². The molecule has 0 bridgehead atoms. The number of likely N-dealkylation sites (tertiary alicyclic amines) is 1. The van der Waals surface area contributed by atoms with Crippen LogP contribution in [0.2, 0.25) is 0 Å². The normalized spacial score (nSPS) is 13.3. The minimum absolute atomic E-state index is 0.233. The van der Waals surface area contributed by atoms with Gasteiger partial charge in [-0.3, -0.25) is 4.90 Å². The Balaban J connectivity index is 1.55. The van der Waals surface area contributed by atoms with E-state index in [9.17, 15) is 4.79 Å². The standard InChI is InChI=1S/C26H26BrNO4/c1-20-15-24(9-10-25(20)32-19-26(29)30)31-14-6-8-22-16-21(17-23(27)18-22)7-5-13-28-11-3-2-4-12-28/h9-10,15-18H,2-4,11-14,19H2,1H3,(H,29,30). The summed E-state index contributed by atoms with van der Waals surface area (Å²) >= 11 is 3.54. The average molecular weight is 496 g/mol. The van der Waals surface area contributed by atoms with Crippen LogP contribution in [-0.2, 0) is 4.79 Å². The zero-order valence-electron chi connectivity index (χ0n) is 18.1. The van der Waals surface area contributed by atoms with Gasteiger partial charge in [-0.2, -0.15) is 0 Å². The third-order valence-corrected chi connectivity index (χ3v) is 5.38. The van der Waals surface area contributed by atoms with Gasteiger partial charge in [-0.15, -0.1) is 0 Å². The summed E-state index contributed by atoms with van der Waals surface area (Å²) in [4.78, 5) is 13.0. The fourth-order valence-corrected chi connectivity index (χ4v) is 3.87. The maximum absolute atomic E-state index is 10.6. The summed E-state index contributed by atoms with van der Waals surface area (Å²) < 4.78 is 11.9. The first kappa shape index (κ1) is 23.7. The van der Waals surface area contributed by atoms with Gasteiger partial charge in [-0.1, -0.05) is 46.0 Å². The Hall–Kier alpha value is -2.93. The lowest BCUT2D eigenvalue weighted by molar-refractivity contribution is -0.139. The molecule has 0 aromatic heterocycles. The number of benzene rings is 2. The zero-order chi connectivity index (χ0) is 22.8. The third-order valence-electron chi connectivity index (χ3n) is 4.92. The maximum Gasteiger partial charge on any atom is 0.341 e. The molecule has 5 nitrogen and oxygen atoms in total. The largest absolute Gasteiger partial charge is 0.482 e. The van der Waals surface area contributed by atoms with Crippen LogP contribution >= 0.6 is 15.9 Å². The molecule has 1 aliphatic rings. The Labute approximate surface area is 197 Å². The van der Waals surface area contributed by atoms with Crippen molar-refractivity contribution >= 4 is 21.9 Å². The van der Waals surface area contributed by atoms with Crippen molar-refractivity contribution in [3.05, 3.63) is 57.6 Å². The van der Waals surface area contributed by atoms with Crippen LogP contribution < -0.4 is 9.47 Å². The molecule has 1 saturated heterocycles. The van der Waals surface area contributed by atoms with E-state index in [1.807, 2.05) is 25.1 Å². The summed E-state index contributed by atoms with van der Waals surface area (Å²) in [6.45, 7) is 4.79. The number of hydrogen-bond donors (Lipinski definition) is 1. The molecule has 2 aromatic carbocycles. The third kappa shape index (κ3) is 7.96. The van der Waals surface area contributed by atoms with Gasteiger partial charge in [0, 0.05) is 15.6 Å². The van der Waals surface area contributed by atoms with Crippen molar-refractivity contribution in [3.8, 4) is 35.2 Å². The quantitative estimate of drug-likeness (QED) is 0.598. The molecule has 0 spiro atoms. The lowest BCUT2D eigenvalue weighted by atomic mass is 10.1. The molecule has 2 aromatic rings. The Morgan fingerprint density at radius 3 is 2.44 bits per heavy atom. The van der Waals surface area contributed by atoms with Crippen molar-refractivity contribution in [1.82, 2.24) is 4.90 Å². The Kier molecular flexibility index (Phi) is 9.04. The number of ether oxygens (including phenoxy) is 2. The highest BCUT2D eigenvalue weighted by Crippen LogP contribution is 2.23. The van der Waals surface area contributed by atoms with Gasteiger partial charge < -0.3 is 14.6 Å². The highest BCUT2D eigenvalue weighted by molar-refractivity contribution is 9.10. The molecular formula is C26H26BrNO4. The highest BCUT2D eigenvalue weighted by atomic mass is 79.9. The summed E-state index contributed by atoms with van der Waals surface area (Å²) in [6.07, 6.45) is 3.86. The molecular weight excluding hydrogens is 470 g/mol. The van der Waals surface area contributed by atoms with Gasteiger partial charge in [0.15, 0.2) is 6.61 Å². The summed E-state index contributed by atoms with van der Waals surface area (Å²) in [5, 5.41) is 8.71. The smallest absolute Gasteiger partial charge is 0.341 e. The van der Waals surface area contributed by atoms with Crippen LogP contribution in [-0.4, -0.2) is 48.8 Å². The molecule has 0 saturated carbocycles. The van der Waals surface area contributed by atoms with E-state index in [0.717, 1.165) is 40.8 Å². The number of aliphatic carboxylic acids is 1. The first-order valence-corrected chi connectivity index (χ1v) is 11.4. The predicted molar refractivity (Wildman–Crippen MR) is 128 cm³/mol. The Bertz CT molecular complexity index is 1070. The van der Waals surface area contributed by atoms with E-state index in [2.05, 4.69) is 44.5 Å². The number of nitrogens with zero attached hydrogens (tertiary/aromatic N) is 1. The van der Waals surface area contributed by atoms with Crippen LogP contribution in [0.15, 0.2) is 40.9 Å². The number of carbonyl (C=O) groups is 1. The second-order valence-electron chi connectivity index (χ2n) is 7.57. The monoisotopic (exact) mass is 495 g/mol. The number of hydrogen-bond acceptors (Lipinski definition) is 4. The number of piperidine rings is 1. The lowest BCUT2D eigenvalue weighted by Gasteiger charge is -2.23. The van der Waals surface area contributed by atoms with Gasteiger partial charge in [0.2, 0.25) is 0 Å². The van der Waals surface area contributed by atoms with Gasteiger partial charge in [0.25, 0.3) is 0 Å². The topological polar surface area (TPSA) is 59.0 Å². The summed E-state index contributed by atoms with van der Waals surface area (Å²) in [6, 6.07) is 11.2. The molecule has 0 radical (unpaired) electrons. The van der Waals surface area contributed by atoms with E-state index in [1.54, 1.807) is 18.2 Å². The number of rotatable bonds is 6. The van der Waals surface area contributed by atoms with Crippen molar-refractivity contribution in [1.29, 1.82) is 0 Å². The van der Waals surface area contributed by atoms with Crippen LogP contribution in [0.3, 0.4) is 0 Å². The van der Waals surface area contributed by atoms with Crippen molar-refractivity contribution in [3.63, 3.8) is 0 Å². The molecule has 0 atom stereocenters. The second kappa shape index (κ2) is 12.2. The maximum atomic E-state index is 10.6. The van der Waals surface area contributed by atoms with Crippen molar-refractivity contribution in [2.24, 2.45) is 0 Å². The second-order valence-corrected chi connectivity index (χ2v) is 8.48. The van der Waals surface area contributed by atoms with Gasteiger partial charge >= 0.3 is 5.97 Å². The number of carboxylic acid groups (broad SMARTS) is 1. The number of carboxylic acids is 1. The molecule has 1 aliphatic heterocycles. The van der Waals surface area contributed by atoms with Gasteiger partial charge in [-0.25, -0.2) is 4.79 Å². The zero-order valence-corrected chi connectivity index (χ0v) is 19.7. The molecule has 3 rings (SSSR count). The fourth-order valence-electron chi connectivity index (χ4n) is 3.38. The SMILES string of the molecule is Cc1cc(OCC#Cc2cc(Br)cc(C#CCN3CCCCC3)c2)ccc1OCC(=O)O. The van der Waals surface area contributed by atoms with Gasteiger partial charge in [0.1, 0.15) is 18.1 Å². The van der Waals surface area contributed by atoms with E-state index in [0.29, 0.717) is 11.5 Å². The molecule has 1 fully saturated rings. The molecule has 1 N–H and O–H groups in total. The molecule has 32 heavy (non-hydrogen) atoms. The van der Waals surface area contributed by atoms with Crippen molar-refractivity contribution in [2.45, 2.75) is 26.2 Å². The number of halogens is 1. The van der Waals surface area contributed by atoms with E-state index in [4.69, 9.17) is 14.6 Å². The lowest BCUT2D eigenvalue weighted by Crippen LogP contribution is -2.29. The molecule has 166 valence electrons. The van der Waals surface area contributed by atoms with Crippen LogP contribution in [0.4, 0.5) is 0 Å². The van der Waals surface area contributed by atoms with Gasteiger partial charge in [-0.05, 0) is 74.8 Å².